The molecule has 4 heteroatoms. The molecule has 0 saturated heterocycles. The van der Waals surface area contributed by atoms with Gasteiger partial charge in [-0.3, -0.25) is 4.90 Å². The fourth-order valence-corrected chi connectivity index (χ4v) is 2.45. The van der Waals surface area contributed by atoms with Crippen LogP contribution in [0.25, 0.3) is 0 Å². The second-order valence-electron chi connectivity index (χ2n) is 5.94. The highest BCUT2D eigenvalue weighted by Crippen LogP contribution is 2.27. The van der Waals surface area contributed by atoms with E-state index in [0.29, 0.717) is 6.04 Å². The Bertz CT molecular complexity index is 392. The lowest BCUT2D eigenvalue weighted by molar-refractivity contribution is 0.224. The predicted molar refractivity (Wildman–Crippen MR) is 72.3 cm³/mol. The maximum Gasteiger partial charge on any atom is 0.0949 e. The van der Waals surface area contributed by atoms with Gasteiger partial charge in [0.1, 0.15) is 0 Å². The molecule has 0 spiro atoms. The van der Waals surface area contributed by atoms with Gasteiger partial charge in [0.05, 0.1) is 12.0 Å². The van der Waals surface area contributed by atoms with Crippen LogP contribution in [0.1, 0.15) is 38.3 Å². The zero-order chi connectivity index (χ0) is 12.5. The molecule has 1 aromatic heterocycles. The SMILES string of the molecule is CC(Cn1cncc1CNC1CC1)N(C)C1CC1. The molecule has 0 aromatic carbocycles. The van der Waals surface area contributed by atoms with E-state index in [9.17, 15) is 0 Å². The number of nitrogens with zero attached hydrogens (tertiary/aromatic N) is 3. The first-order chi connectivity index (χ1) is 8.74. The number of nitrogens with one attached hydrogen (secondary N) is 1. The van der Waals surface area contributed by atoms with E-state index in [4.69, 9.17) is 0 Å². The second-order valence-corrected chi connectivity index (χ2v) is 5.94. The van der Waals surface area contributed by atoms with Crippen molar-refractivity contribution in [2.75, 3.05) is 7.05 Å². The van der Waals surface area contributed by atoms with Crippen LogP contribution in [0.5, 0.6) is 0 Å². The Morgan fingerprint density at radius 3 is 2.89 bits per heavy atom. The van der Waals surface area contributed by atoms with Gasteiger partial charge >= 0.3 is 0 Å². The molecule has 4 nitrogen and oxygen atoms in total. The number of likely N-dealkylation sites (N-methyl/N-ethyl adjacent to an activating group) is 1. The summed E-state index contributed by atoms with van der Waals surface area (Å²) in [5.74, 6) is 0. The minimum atomic E-state index is 0.589. The summed E-state index contributed by atoms with van der Waals surface area (Å²) in [5.41, 5.74) is 1.32. The topological polar surface area (TPSA) is 33.1 Å². The van der Waals surface area contributed by atoms with Gasteiger partial charge in [-0.05, 0) is 39.7 Å². The van der Waals surface area contributed by atoms with Crippen molar-refractivity contribution in [2.24, 2.45) is 0 Å². The zero-order valence-corrected chi connectivity index (χ0v) is 11.5. The van der Waals surface area contributed by atoms with E-state index < -0.39 is 0 Å². The second kappa shape index (κ2) is 5.02. The molecule has 1 aromatic rings. The third-order valence-electron chi connectivity index (χ3n) is 4.23. The highest BCUT2D eigenvalue weighted by Gasteiger charge is 2.29. The lowest BCUT2D eigenvalue weighted by atomic mass is 10.3. The first-order valence-electron chi connectivity index (χ1n) is 7.18. The van der Waals surface area contributed by atoms with Crippen molar-refractivity contribution in [3.05, 3.63) is 18.2 Å². The van der Waals surface area contributed by atoms with Crippen LogP contribution in [-0.4, -0.2) is 39.6 Å². The molecule has 0 radical (unpaired) electrons. The Morgan fingerprint density at radius 1 is 1.44 bits per heavy atom. The Labute approximate surface area is 109 Å². The molecule has 2 aliphatic carbocycles. The first-order valence-corrected chi connectivity index (χ1v) is 7.18. The third-order valence-corrected chi connectivity index (χ3v) is 4.23. The van der Waals surface area contributed by atoms with Crippen molar-refractivity contribution in [3.63, 3.8) is 0 Å². The molecule has 18 heavy (non-hydrogen) atoms. The number of hydrogen-bond acceptors (Lipinski definition) is 3. The summed E-state index contributed by atoms with van der Waals surface area (Å²) in [5, 5.41) is 3.56. The van der Waals surface area contributed by atoms with Crippen molar-refractivity contribution < 1.29 is 0 Å². The third kappa shape index (κ3) is 2.93. The Morgan fingerprint density at radius 2 is 2.22 bits per heavy atom. The van der Waals surface area contributed by atoms with Gasteiger partial charge in [-0.25, -0.2) is 4.98 Å². The monoisotopic (exact) mass is 248 g/mol. The lowest BCUT2D eigenvalue weighted by Crippen LogP contribution is -2.35. The zero-order valence-electron chi connectivity index (χ0n) is 11.5. The van der Waals surface area contributed by atoms with E-state index in [0.717, 1.165) is 25.2 Å². The molecule has 1 unspecified atom stereocenters. The maximum absolute atomic E-state index is 4.30. The quantitative estimate of drug-likeness (QED) is 0.796. The average Bonchev–Trinajstić information content (AvgIpc) is 3.26. The van der Waals surface area contributed by atoms with Crippen LogP contribution in [0.2, 0.25) is 0 Å². The van der Waals surface area contributed by atoms with Crippen LogP contribution in [0.15, 0.2) is 12.5 Å². The summed E-state index contributed by atoms with van der Waals surface area (Å²) in [4.78, 5) is 6.81. The van der Waals surface area contributed by atoms with Crippen LogP contribution in [-0.2, 0) is 13.1 Å². The smallest absolute Gasteiger partial charge is 0.0949 e. The highest BCUT2D eigenvalue weighted by molar-refractivity contribution is 5.00. The van der Waals surface area contributed by atoms with E-state index in [-0.39, 0.29) is 0 Å². The van der Waals surface area contributed by atoms with Gasteiger partial charge in [0.2, 0.25) is 0 Å². The van der Waals surface area contributed by atoms with Gasteiger partial charge in [-0.2, -0.15) is 0 Å². The average molecular weight is 248 g/mol. The molecule has 100 valence electrons. The fraction of sp³-hybridized carbons (Fsp3) is 0.786. The highest BCUT2D eigenvalue weighted by atomic mass is 15.2. The van der Waals surface area contributed by atoms with Gasteiger partial charge in [0.25, 0.3) is 0 Å². The first kappa shape index (κ1) is 12.2. The van der Waals surface area contributed by atoms with Gasteiger partial charge < -0.3 is 9.88 Å². The molecule has 0 aliphatic heterocycles. The summed E-state index contributed by atoms with van der Waals surface area (Å²) in [6.45, 7) is 4.33. The van der Waals surface area contributed by atoms with Gasteiger partial charge in [0, 0.05) is 37.4 Å². The molecule has 1 N–H and O–H groups in total. The largest absolute Gasteiger partial charge is 0.332 e. The fourth-order valence-electron chi connectivity index (χ4n) is 2.45. The molecule has 2 fully saturated rings. The Kier molecular flexibility index (Phi) is 3.39. The van der Waals surface area contributed by atoms with E-state index in [1.165, 1.54) is 31.4 Å². The minimum Gasteiger partial charge on any atom is -0.332 e. The van der Waals surface area contributed by atoms with Gasteiger partial charge in [-0.15, -0.1) is 0 Å². The van der Waals surface area contributed by atoms with E-state index in [1.807, 2.05) is 12.5 Å². The summed E-state index contributed by atoms with van der Waals surface area (Å²) >= 11 is 0. The molecule has 0 amide bonds. The maximum atomic E-state index is 4.30. The Hall–Kier alpha value is -0.870. The van der Waals surface area contributed by atoms with Crippen molar-refractivity contribution in [2.45, 2.75) is 63.8 Å². The van der Waals surface area contributed by atoms with E-state index in [2.05, 4.69) is 33.7 Å². The van der Waals surface area contributed by atoms with Crippen molar-refractivity contribution in [1.82, 2.24) is 19.8 Å². The summed E-state index contributed by atoms with van der Waals surface area (Å²) in [6.07, 6.45) is 9.41. The summed E-state index contributed by atoms with van der Waals surface area (Å²) < 4.78 is 2.30. The normalized spacial score (nSPS) is 21.5. The molecule has 1 atom stereocenters. The van der Waals surface area contributed by atoms with Crippen LogP contribution < -0.4 is 5.32 Å². The summed E-state index contributed by atoms with van der Waals surface area (Å²) in [7, 11) is 2.25. The molecule has 1 heterocycles. The Balaban J connectivity index is 1.55. The molecule has 2 aliphatic rings. The predicted octanol–water partition coefficient (Wildman–Crippen LogP) is 1.62. The van der Waals surface area contributed by atoms with Gasteiger partial charge in [0.15, 0.2) is 0 Å². The van der Waals surface area contributed by atoms with Crippen molar-refractivity contribution >= 4 is 0 Å². The molecule has 3 rings (SSSR count). The van der Waals surface area contributed by atoms with E-state index >= 15 is 0 Å². The number of rotatable bonds is 7. The molecule has 2 saturated carbocycles. The number of hydrogen-bond donors (Lipinski definition) is 1. The lowest BCUT2D eigenvalue weighted by Gasteiger charge is -2.25. The van der Waals surface area contributed by atoms with Gasteiger partial charge in [-0.1, -0.05) is 0 Å². The molecule has 0 bridgehead atoms. The van der Waals surface area contributed by atoms with Crippen LogP contribution >= 0.6 is 0 Å². The van der Waals surface area contributed by atoms with Crippen LogP contribution in [0, 0.1) is 0 Å². The number of aromatic nitrogens is 2. The number of imidazole rings is 1. The standard InChI is InChI=1S/C14H24N4/c1-11(17(2)13-5-6-13)9-18-10-15-7-14(18)8-16-12-3-4-12/h7,10-13,16H,3-6,8-9H2,1-2H3. The van der Waals surface area contributed by atoms with Crippen molar-refractivity contribution in [1.29, 1.82) is 0 Å². The van der Waals surface area contributed by atoms with Crippen molar-refractivity contribution in [3.8, 4) is 0 Å². The van der Waals surface area contributed by atoms with Crippen LogP contribution in [0.3, 0.4) is 0 Å². The molecular formula is C14H24N4. The van der Waals surface area contributed by atoms with Crippen LogP contribution in [0.4, 0.5) is 0 Å². The summed E-state index contributed by atoms with van der Waals surface area (Å²) in [6, 6.07) is 2.18. The minimum absolute atomic E-state index is 0.589. The molecular weight excluding hydrogens is 224 g/mol. The van der Waals surface area contributed by atoms with E-state index in [1.54, 1.807) is 0 Å².